The van der Waals surface area contributed by atoms with E-state index in [-0.39, 0.29) is 5.41 Å². The molecular formula is C12H17. The Labute approximate surface area is 76.8 Å². The highest BCUT2D eigenvalue weighted by Gasteiger charge is 2.04. The van der Waals surface area contributed by atoms with Crippen LogP contribution >= 0.6 is 0 Å². The average Bonchev–Trinajstić information content (AvgIpc) is 1.95. The van der Waals surface area contributed by atoms with Crippen LogP contribution < -0.4 is 0 Å². The summed E-state index contributed by atoms with van der Waals surface area (Å²) in [5.41, 5.74) is 0.0981. The molecule has 1 radical (unpaired) electrons. The minimum atomic E-state index is 0.0981. The van der Waals surface area contributed by atoms with E-state index < -0.39 is 0 Å². The van der Waals surface area contributed by atoms with Gasteiger partial charge >= 0.3 is 0 Å². The Morgan fingerprint density at radius 3 is 2.25 bits per heavy atom. The van der Waals surface area contributed by atoms with E-state index in [0.29, 0.717) is 0 Å². The molecule has 0 heterocycles. The number of hydrogen-bond acceptors (Lipinski definition) is 0. The molecule has 0 N–H and O–H groups in total. The highest BCUT2D eigenvalue weighted by molar-refractivity contribution is 5.25. The predicted molar refractivity (Wildman–Crippen MR) is 54.2 cm³/mol. The maximum Gasteiger partial charge on any atom is 0.0567 e. The third-order valence-corrected chi connectivity index (χ3v) is 1.18. The van der Waals surface area contributed by atoms with Crippen molar-refractivity contribution in [3.05, 3.63) is 5.92 Å². The van der Waals surface area contributed by atoms with Crippen LogP contribution in [0.3, 0.4) is 0 Å². The first-order valence-corrected chi connectivity index (χ1v) is 4.21. The van der Waals surface area contributed by atoms with Crippen LogP contribution in [-0.2, 0) is 0 Å². The Morgan fingerprint density at radius 2 is 1.83 bits per heavy atom. The summed E-state index contributed by atoms with van der Waals surface area (Å²) in [6, 6.07) is 0. The summed E-state index contributed by atoms with van der Waals surface area (Å²) < 4.78 is 0. The lowest BCUT2D eigenvalue weighted by molar-refractivity contribution is 0.570. The predicted octanol–water partition coefficient (Wildman–Crippen LogP) is 3.04. The maximum absolute atomic E-state index is 3.18. The van der Waals surface area contributed by atoms with Gasteiger partial charge in [0, 0.05) is 11.8 Å². The molecular weight excluding hydrogens is 144 g/mol. The highest BCUT2D eigenvalue weighted by atomic mass is 14.1. The monoisotopic (exact) mass is 161 g/mol. The van der Waals surface area contributed by atoms with Crippen molar-refractivity contribution >= 4 is 0 Å². The molecule has 0 heteroatoms. The van der Waals surface area contributed by atoms with Crippen LogP contribution in [0, 0.1) is 35.0 Å². The van der Waals surface area contributed by atoms with Crippen molar-refractivity contribution in [1.29, 1.82) is 0 Å². The Morgan fingerprint density at radius 1 is 1.25 bits per heavy atom. The summed E-state index contributed by atoms with van der Waals surface area (Å²) in [6.07, 6.45) is 0.805. The summed E-state index contributed by atoms with van der Waals surface area (Å²) >= 11 is 0. The second kappa shape index (κ2) is 4.89. The van der Waals surface area contributed by atoms with E-state index in [9.17, 15) is 0 Å². The topological polar surface area (TPSA) is 0 Å². The van der Waals surface area contributed by atoms with E-state index >= 15 is 0 Å². The van der Waals surface area contributed by atoms with Gasteiger partial charge in [-0.25, -0.2) is 0 Å². The van der Waals surface area contributed by atoms with Gasteiger partial charge in [-0.1, -0.05) is 11.8 Å². The molecule has 65 valence electrons. The van der Waals surface area contributed by atoms with Crippen molar-refractivity contribution in [1.82, 2.24) is 0 Å². The third kappa shape index (κ3) is 7.23. The Kier molecular flexibility index (Phi) is 4.53. The molecule has 0 unspecified atom stereocenters. The lowest BCUT2D eigenvalue weighted by Gasteiger charge is -2.07. The average molecular weight is 161 g/mol. The van der Waals surface area contributed by atoms with E-state index in [1.54, 1.807) is 0 Å². The van der Waals surface area contributed by atoms with Crippen molar-refractivity contribution in [2.45, 2.75) is 41.0 Å². The normalized spacial score (nSPS) is 9.83. The van der Waals surface area contributed by atoms with E-state index in [1.165, 1.54) is 0 Å². The molecule has 0 aliphatic rings. The van der Waals surface area contributed by atoms with Crippen LogP contribution in [0.25, 0.3) is 0 Å². The molecule has 0 rings (SSSR count). The molecule has 0 atom stereocenters. The van der Waals surface area contributed by atoms with E-state index in [2.05, 4.69) is 44.5 Å². The molecule has 0 aromatic heterocycles. The van der Waals surface area contributed by atoms with E-state index in [4.69, 9.17) is 0 Å². The van der Waals surface area contributed by atoms with Crippen molar-refractivity contribution in [3.8, 4) is 23.7 Å². The van der Waals surface area contributed by atoms with E-state index in [0.717, 1.165) is 12.3 Å². The second-order valence-corrected chi connectivity index (χ2v) is 3.88. The summed E-state index contributed by atoms with van der Waals surface area (Å²) in [7, 11) is 0. The fourth-order valence-corrected chi connectivity index (χ4v) is 0.559. The lowest BCUT2D eigenvalue weighted by Crippen LogP contribution is -2.00. The molecule has 0 aliphatic carbocycles. The molecule has 12 heavy (non-hydrogen) atoms. The van der Waals surface area contributed by atoms with Crippen LogP contribution in [0.2, 0.25) is 0 Å². The smallest absolute Gasteiger partial charge is 0.0567 e. The summed E-state index contributed by atoms with van der Waals surface area (Å²) in [5, 5.41) is 0. The molecule has 0 amide bonds. The van der Waals surface area contributed by atoms with Gasteiger partial charge in [-0.3, -0.25) is 0 Å². The molecule has 0 bridgehead atoms. The molecule has 0 saturated heterocycles. The Bertz CT molecular complexity index is 231. The van der Waals surface area contributed by atoms with Crippen molar-refractivity contribution in [2.75, 3.05) is 0 Å². The third-order valence-electron chi connectivity index (χ3n) is 1.18. The van der Waals surface area contributed by atoms with Gasteiger partial charge in [0.15, 0.2) is 0 Å². The van der Waals surface area contributed by atoms with Gasteiger partial charge in [-0.15, -0.1) is 11.8 Å². The van der Waals surface area contributed by atoms with Gasteiger partial charge in [-0.2, -0.15) is 0 Å². The quantitative estimate of drug-likeness (QED) is 0.518. The van der Waals surface area contributed by atoms with Crippen molar-refractivity contribution in [3.63, 3.8) is 0 Å². The minimum Gasteiger partial charge on any atom is -0.107 e. The molecule has 0 fully saturated rings. The zero-order valence-electron chi connectivity index (χ0n) is 8.71. The lowest BCUT2D eigenvalue weighted by atomic mass is 9.96. The molecule has 0 spiro atoms. The van der Waals surface area contributed by atoms with Gasteiger partial charge in [0.2, 0.25) is 0 Å². The molecule has 0 aromatic rings. The molecule has 0 saturated carbocycles. The second-order valence-electron chi connectivity index (χ2n) is 3.88. The van der Waals surface area contributed by atoms with E-state index in [1.807, 2.05) is 13.8 Å². The first-order valence-electron chi connectivity index (χ1n) is 4.21. The van der Waals surface area contributed by atoms with Gasteiger partial charge in [0.05, 0.1) is 5.92 Å². The standard InChI is InChI=1S/C12H17/c1-6-7-8-11(2)9-10-12(3,4)5/h8H2,1-5H3. The van der Waals surface area contributed by atoms with Gasteiger partial charge in [0.25, 0.3) is 0 Å². The molecule has 0 nitrogen and oxygen atoms in total. The summed E-state index contributed by atoms with van der Waals surface area (Å²) in [6.45, 7) is 10.2. The van der Waals surface area contributed by atoms with Crippen LogP contribution in [0.5, 0.6) is 0 Å². The molecule has 0 aromatic carbocycles. The maximum atomic E-state index is 3.18. The fourth-order valence-electron chi connectivity index (χ4n) is 0.559. The van der Waals surface area contributed by atoms with Crippen LogP contribution in [0.15, 0.2) is 0 Å². The van der Waals surface area contributed by atoms with Gasteiger partial charge in [-0.05, 0) is 34.6 Å². The van der Waals surface area contributed by atoms with Crippen LogP contribution in [-0.4, -0.2) is 0 Å². The van der Waals surface area contributed by atoms with Gasteiger partial charge in [0.1, 0.15) is 0 Å². The largest absolute Gasteiger partial charge is 0.107 e. The van der Waals surface area contributed by atoms with Crippen LogP contribution in [0.1, 0.15) is 41.0 Å². The Balaban J connectivity index is 4.01. The van der Waals surface area contributed by atoms with Crippen LogP contribution in [0.4, 0.5) is 0 Å². The highest BCUT2D eigenvalue weighted by Crippen LogP contribution is 2.11. The summed E-state index contributed by atoms with van der Waals surface area (Å²) in [4.78, 5) is 0. The number of hydrogen-bond donors (Lipinski definition) is 0. The SMILES string of the molecule is CC#CC[C](C)C#CC(C)(C)C. The fraction of sp³-hybridized carbons (Fsp3) is 0.583. The van der Waals surface area contributed by atoms with Gasteiger partial charge < -0.3 is 0 Å². The zero-order valence-corrected chi connectivity index (χ0v) is 8.71. The van der Waals surface area contributed by atoms with Crippen molar-refractivity contribution in [2.24, 2.45) is 5.41 Å². The first kappa shape index (κ1) is 11.1. The van der Waals surface area contributed by atoms with Crippen molar-refractivity contribution < 1.29 is 0 Å². The summed E-state index contributed by atoms with van der Waals surface area (Å²) in [5.74, 6) is 13.3. The first-order chi connectivity index (χ1) is 5.45. The Hall–Kier alpha value is -0.880. The zero-order chi connectivity index (χ0) is 9.61. The number of rotatable bonds is 1. The minimum absolute atomic E-state index is 0.0981. The molecule has 0 aliphatic heterocycles.